The van der Waals surface area contributed by atoms with Crippen LogP contribution in [-0.4, -0.2) is 49.0 Å². The van der Waals surface area contributed by atoms with E-state index in [1.165, 1.54) is 5.56 Å². The van der Waals surface area contributed by atoms with Crippen LogP contribution < -0.4 is 15.8 Å². The summed E-state index contributed by atoms with van der Waals surface area (Å²) >= 11 is 3.83. The molecular formula is C15H18N2O5S2. The molecule has 1 saturated heterocycles. The molecule has 0 unspecified atom stereocenters. The minimum Gasteiger partial charge on any atom is -0.482 e. The fourth-order valence-corrected chi connectivity index (χ4v) is 4.70. The second kappa shape index (κ2) is 9.43. The van der Waals surface area contributed by atoms with Gasteiger partial charge in [0.15, 0.2) is 13.2 Å². The Morgan fingerprint density at radius 2 is 1.79 bits per heavy atom. The van der Waals surface area contributed by atoms with Crippen molar-refractivity contribution in [2.75, 3.05) is 31.3 Å². The maximum Gasteiger partial charge on any atom is 0.344 e. The van der Waals surface area contributed by atoms with Gasteiger partial charge in [-0.1, -0.05) is 12.1 Å². The van der Waals surface area contributed by atoms with E-state index in [9.17, 15) is 14.4 Å². The first-order chi connectivity index (χ1) is 11.5. The number of amides is 2. The Labute approximate surface area is 148 Å². The standard InChI is InChI=1S/C15H18N2O5S2/c16-12(18)7-17-13(19)8-22-14(20)9-21-11-3-1-10(2-4-11)15-23-5-6-24-15/h1-4,15H,5-9H2,(H2,16,18)(H,17,19). The van der Waals surface area contributed by atoms with Gasteiger partial charge in [-0.15, -0.1) is 23.5 Å². The molecule has 0 saturated carbocycles. The molecule has 0 radical (unpaired) electrons. The molecule has 1 aliphatic heterocycles. The molecule has 9 heteroatoms. The highest BCUT2D eigenvalue weighted by atomic mass is 32.2. The number of esters is 1. The number of rotatable bonds is 8. The lowest BCUT2D eigenvalue weighted by atomic mass is 10.2. The third kappa shape index (κ3) is 6.32. The molecule has 0 aliphatic carbocycles. The molecule has 2 amide bonds. The maximum atomic E-state index is 11.5. The summed E-state index contributed by atoms with van der Waals surface area (Å²) in [6, 6.07) is 7.57. The summed E-state index contributed by atoms with van der Waals surface area (Å²) in [7, 11) is 0. The maximum absolute atomic E-state index is 11.5. The van der Waals surface area contributed by atoms with Crippen LogP contribution in [-0.2, 0) is 19.1 Å². The van der Waals surface area contributed by atoms with Gasteiger partial charge in [-0.2, -0.15) is 0 Å². The number of nitrogens with one attached hydrogen (secondary N) is 1. The second-order valence-electron chi connectivity index (χ2n) is 4.83. The fourth-order valence-electron chi connectivity index (χ4n) is 1.84. The van der Waals surface area contributed by atoms with E-state index in [1.54, 1.807) is 0 Å². The van der Waals surface area contributed by atoms with Gasteiger partial charge in [0.2, 0.25) is 5.91 Å². The summed E-state index contributed by atoms with van der Waals surface area (Å²) in [5, 5.41) is 2.21. The number of primary amides is 1. The van der Waals surface area contributed by atoms with E-state index < -0.39 is 24.4 Å². The topological polar surface area (TPSA) is 108 Å². The van der Waals surface area contributed by atoms with Gasteiger partial charge in [0.25, 0.3) is 5.91 Å². The highest BCUT2D eigenvalue weighted by Crippen LogP contribution is 2.45. The largest absolute Gasteiger partial charge is 0.482 e. The summed E-state index contributed by atoms with van der Waals surface area (Å²) in [4.78, 5) is 33.2. The zero-order valence-corrected chi connectivity index (χ0v) is 14.5. The molecule has 0 atom stereocenters. The van der Waals surface area contributed by atoms with E-state index in [-0.39, 0.29) is 13.2 Å². The first-order valence-electron chi connectivity index (χ1n) is 7.21. The molecule has 1 fully saturated rings. The van der Waals surface area contributed by atoms with E-state index in [4.69, 9.17) is 15.2 Å². The molecule has 0 aromatic heterocycles. The van der Waals surface area contributed by atoms with E-state index in [0.29, 0.717) is 10.3 Å². The van der Waals surface area contributed by atoms with Crippen LogP contribution in [0, 0.1) is 0 Å². The van der Waals surface area contributed by atoms with E-state index in [1.807, 2.05) is 47.8 Å². The zero-order chi connectivity index (χ0) is 17.4. The number of thioether (sulfide) groups is 2. The molecule has 1 aromatic carbocycles. The van der Waals surface area contributed by atoms with Crippen LogP contribution in [0.3, 0.4) is 0 Å². The molecular weight excluding hydrogens is 352 g/mol. The van der Waals surface area contributed by atoms with Gasteiger partial charge in [-0.05, 0) is 17.7 Å². The zero-order valence-electron chi connectivity index (χ0n) is 12.9. The average Bonchev–Trinajstić information content (AvgIpc) is 3.11. The molecule has 1 aliphatic rings. The molecule has 2 rings (SSSR count). The van der Waals surface area contributed by atoms with E-state index in [0.717, 1.165) is 11.5 Å². The van der Waals surface area contributed by atoms with Gasteiger partial charge in [-0.25, -0.2) is 4.79 Å². The average molecular weight is 370 g/mol. The summed E-state index contributed by atoms with van der Waals surface area (Å²) in [5.74, 6) is 0.935. The lowest BCUT2D eigenvalue weighted by molar-refractivity contribution is -0.150. The number of carbonyl (C=O) groups excluding carboxylic acids is 3. The van der Waals surface area contributed by atoms with Crippen LogP contribution in [0.4, 0.5) is 0 Å². The molecule has 0 spiro atoms. The van der Waals surface area contributed by atoms with Gasteiger partial charge in [0, 0.05) is 11.5 Å². The predicted octanol–water partition coefficient (Wildman–Crippen LogP) is 0.689. The van der Waals surface area contributed by atoms with E-state index >= 15 is 0 Å². The Balaban J connectivity index is 1.67. The van der Waals surface area contributed by atoms with Gasteiger partial charge >= 0.3 is 5.97 Å². The minimum atomic E-state index is -0.671. The number of nitrogens with two attached hydrogens (primary N) is 1. The lowest BCUT2D eigenvalue weighted by Gasteiger charge is -2.10. The number of carbonyl (C=O) groups is 3. The van der Waals surface area contributed by atoms with Crippen LogP contribution in [0.25, 0.3) is 0 Å². The summed E-state index contributed by atoms with van der Waals surface area (Å²) in [6.07, 6.45) is 0. The Kier molecular flexibility index (Phi) is 7.26. The third-order valence-corrected chi connectivity index (χ3v) is 6.06. The monoisotopic (exact) mass is 370 g/mol. The van der Waals surface area contributed by atoms with Crippen LogP contribution in [0.1, 0.15) is 10.1 Å². The second-order valence-corrected chi connectivity index (χ2v) is 7.56. The molecule has 130 valence electrons. The molecule has 24 heavy (non-hydrogen) atoms. The lowest BCUT2D eigenvalue weighted by Crippen LogP contribution is -2.36. The van der Waals surface area contributed by atoms with Crippen molar-refractivity contribution < 1.29 is 23.9 Å². The molecule has 1 aromatic rings. The predicted molar refractivity (Wildman–Crippen MR) is 92.8 cm³/mol. The van der Waals surface area contributed by atoms with Gasteiger partial charge < -0.3 is 20.5 Å². The van der Waals surface area contributed by atoms with Crippen molar-refractivity contribution in [3.63, 3.8) is 0 Å². The van der Waals surface area contributed by atoms with Crippen molar-refractivity contribution in [1.82, 2.24) is 5.32 Å². The smallest absolute Gasteiger partial charge is 0.344 e. The summed E-state index contributed by atoms with van der Waals surface area (Å²) in [6.45, 7) is -1.07. The van der Waals surface area contributed by atoms with Crippen LogP contribution in [0.15, 0.2) is 24.3 Å². The molecule has 3 N–H and O–H groups in total. The van der Waals surface area contributed by atoms with E-state index in [2.05, 4.69) is 5.32 Å². The Morgan fingerprint density at radius 1 is 1.12 bits per heavy atom. The van der Waals surface area contributed by atoms with Crippen molar-refractivity contribution in [2.45, 2.75) is 4.58 Å². The Bertz CT molecular complexity index is 588. The summed E-state index contributed by atoms with van der Waals surface area (Å²) in [5.41, 5.74) is 6.10. The highest BCUT2D eigenvalue weighted by molar-refractivity contribution is 8.19. The van der Waals surface area contributed by atoms with Crippen molar-refractivity contribution in [3.05, 3.63) is 29.8 Å². The van der Waals surface area contributed by atoms with Crippen LogP contribution in [0.5, 0.6) is 5.75 Å². The van der Waals surface area contributed by atoms with Crippen molar-refractivity contribution >= 4 is 41.3 Å². The first kappa shape index (κ1) is 18.5. The Hall–Kier alpha value is -1.87. The van der Waals surface area contributed by atoms with Gasteiger partial charge in [-0.3, -0.25) is 9.59 Å². The SMILES string of the molecule is NC(=O)CNC(=O)COC(=O)COc1ccc(C2SCCS2)cc1. The van der Waals surface area contributed by atoms with Crippen LogP contribution >= 0.6 is 23.5 Å². The van der Waals surface area contributed by atoms with Gasteiger partial charge in [0.1, 0.15) is 5.75 Å². The number of ether oxygens (including phenoxy) is 2. The minimum absolute atomic E-state index is 0.295. The van der Waals surface area contributed by atoms with Gasteiger partial charge in [0.05, 0.1) is 11.1 Å². The van der Waals surface area contributed by atoms with Crippen molar-refractivity contribution in [2.24, 2.45) is 5.73 Å². The molecule has 7 nitrogen and oxygen atoms in total. The van der Waals surface area contributed by atoms with Crippen molar-refractivity contribution in [3.8, 4) is 5.75 Å². The fraction of sp³-hybridized carbons (Fsp3) is 0.400. The molecule has 0 bridgehead atoms. The molecule has 1 heterocycles. The van der Waals surface area contributed by atoms with Crippen molar-refractivity contribution in [1.29, 1.82) is 0 Å². The highest BCUT2D eigenvalue weighted by Gasteiger charge is 2.18. The first-order valence-corrected chi connectivity index (χ1v) is 9.31. The number of hydrogen-bond acceptors (Lipinski definition) is 7. The third-order valence-electron chi connectivity index (χ3n) is 2.95. The summed E-state index contributed by atoms with van der Waals surface area (Å²) < 4.78 is 10.5. The Morgan fingerprint density at radius 3 is 2.42 bits per heavy atom. The number of benzene rings is 1. The quantitative estimate of drug-likeness (QED) is 0.648. The van der Waals surface area contributed by atoms with Crippen LogP contribution in [0.2, 0.25) is 0 Å². The normalized spacial score (nSPS) is 14.2. The number of hydrogen-bond donors (Lipinski definition) is 2.